The van der Waals surface area contributed by atoms with Gasteiger partial charge in [0.2, 0.25) is 0 Å². The molecular formula is C49H48IrN2OSi-2. The molecule has 0 fully saturated rings. The van der Waals surface area contributed by atoms with Crippen LogP contribution in [0.25, 0.3) is 66.4 Å². The Kier molecular flexibility index (Phi) is 7.79. The van der Waals surface area contributed by atoms with E-state index in [1.54, 1.807) is 48.5 Å². The van der Waals surface area contributed by atoms with Crippen LogP contribution in [0.15, 0.2) is 120 Å². The van der Waals surface area contributed by atoms with Crippen LogP contribution in [0.5, 0.6) is 0 Å². The molecule has 3 aromatic heterocycles. The standard InChI is InChI=1S/C32H28NOSi.C17H20N.Ir/c1-20-17-23(35(3,4)5)14-16-24(20)29-18-30(33-19-21(29)2)28-12-8-11-26-27-15-13-22-9-6-7-10-25(22)31(27)34-32(26)28;1-13-5-8-15(9-6-13)16-10-7-14(12-18-16)11-17(2,3)4;/h6-11,13-19H,1-5H3;5-8,10,12H,11H2,1-4H3;/q2*-1;/i1D3,2D3;1D3,11D2;. The van der Waals surface area contributed by atoms with Crippen LogP contribution in [0.1, 0.15) is 58.1 Å². The van der Waals surface area contributed by atoms with Crippen molar-refractivity contribution >= 4 is 46.0 Å². The molecule has 1 radical (unpaired) electrons. The van der Waals surface area contributed by atoms with Gasteiger partial charge in [-0.15, -0.1) is 53.6 Å². The molecule has 0 aliphatic heterocycles. The average Bonchev–Trinajstić information content (AvgIpc) is 3.62. The average molecular weight is 912 g/mol. The molecule has 0 unspecified atom stereocenters. The van der Waals surface area contributed by atoms with Gasteiger partial charge in [0, 0.05) is 58.3 Å². The quantitative estimate of drug-likeness (QED) is 0.128. The first-order valence-corrected chi connectivity index (χ1v) is 21.1. The second-order valence-corrected chi connectivity index (χ2v) is 20.4. The Morgan fingerprint density at radius 3 is 2.22 bits per heavy atom. The van der Waals surface area contributed by atoms with Gasteiger partial charge in [-0.3, -0.25) is 0 Å². The van der Waals surface area contributed by atoms with E-state index in [-0.39, 0.29) is 36.8 Å². The van der Waals surface area contributed by atoms with Gasteiger partial charge in [-0.1, -0.05) is 136 Å². The Morgan fingerprint density at radius 1 is 0.722 bits per heavy atom. The summed E-state index contributed by atoms with van der Waals surface area (Å²) < 4.78 is 94.6. The minimum Gasteiger partial charge on any atom is -0.500 e. The fourth-order valence-corrected chi connectivity index (χ4v) is 7.53. The van der Waals surface area contributed by atoms with Crippen LogP contribution in [-0.2, 0) is 26.5 Å². The van der Waals surface area contributed by atoms with E-state index in [4.69, 9.17) is 19.5 Å². The maximum absolute atomic E-state index is 8.32. The Bertz CT molecular complexity index is 3000. The number of rotatable bonds is 5. The first kappa shape index (κ1) is 27.0. The Hall–Kier alpha value is -4.67. The van der Waals surface area contributed by atoms with E-state index >= 15 is 0 Å². The molecule has 0 spiro atoms. The number of fused-ring (bicyclic) bond motifs is 5. The molecule has 5 heteroatoms. The summed E-state index contributed by atoms with van der Waals surface area (Å²) in [6.07, 6.45) is 1.37. The molecule has 54 heavy (non-hydrogen) atoms. The summed E-state index contributed by atoms with van der Waals surface area (Å²) in [5, 5.41) is 4.89. The van der Waals surface area contributed by atoms with Crippen molar-refractivity contribution in [1.82, 2.24) is 9.97 Å². The molecule has 0 aliphatic carbocycles. The molecule has 0 amide bonds. The van der Waals surface area contributed by atoms with E-state index in [1.807, 2.05) is 63.2 Å². The number of pyridine rings is 2. The fraction of sp³-hybridized carbons (Fsp3) is 0.224. The Morgan fingerprint density at radius 2 is 1.52 bits per heavy atom. The Balaban J connectivity index is 0.000000249. The van der Waals surface area contributed by atoms with E-state index in [2.05, 4.69) is 47.8 Å². The number of hydrogen-bond donors (Lipinski definition) is 0. The molecule has 8 rings (SSSR count). The van der Waals surface area contributed by atoms with Crippen LogP contribution in [0.4, 0.5) is 0 Å². The van der Waals surface area contributed by atoms with Crippen molar-refractivity contribution in [2.75, 3.05) is 0 Å². The largest absolute Gasteiger partial charge is 0.500 e. The molecule has 0 N–H and O–H groups in total. The van der Waals surface area contributed by atoms with Crippen molar-refractivity contribution in [2.24, 2.45) is 5.41 Å². The fourth-order valence-electron chi connectivity index (χ4n) is 6.36. The van der Waals surface area contributed by atoms with Gasteiger partial charge in [0.05, 0.1) is 13.7 Å². The topological polar surface area (TPSA) is 38.9 Å². The summed E-state index contributed by atoms with van der Waals surface area (Å²) in [5.41, 5.74) is 4.72. The van der Waals surface area contributed by atoms with E-state index < -0.39 is 40.4 Å². The maximum Gasteiger partial charge on any atom is 0.128 e. The molecule has 275 valence electrons. The molecule has 3 heterocycles. The van der Waals surface area contributed by atoms with Gasteiger partial charge < -0.3 is 14.4 Å². The number of furan rings is 1. The second-order valence-electron chi connectivity index (χ2n) is 15.3. The zero-order valence-electron chi connectivity index (χ0n) is 42.1. The van der Waals surface area contributed by atoms with Crippen LogP contribution < -0.4 is 5.19 Å². The van der Waals surface area contributed by atoms with Crippen molar-refractivity contribution in [3.05, 3.63) is 150 Å². The van der Waals surface area contributed by atoms with Crippen LogP contribution in [0, 0.1) is 38.1 Å². The summed E-state index contributed by atoms with van der Waals surface area (Å²) in [4.78, 5) is 8.86. The van der Waals surface area contributed by atoms with Gasteiger partial charge in [-0.05, 0) is 70.1 Å². The molecule has 5 aromatic carbocycles. The second kappa shape index (κ2) is 15.6. The SMILES string of the molecule is [2H]C([2H])([2H])c1c[c-]c(-c2ccc(C([2H])([2H])C(C)(C)C)cn2)cc1.[2H]C([2H])([2H])c1cnc(-c2[c-]ccc3c2oc2c4ccccc4ccc32)cc1-c1ccc([Si](C)(C)C)cc1C([2H])([2H])[2H].[Ir]. The smallest absolute Gasteiger partial charge is 0.128 e. The minimum absolute atomic E-state index is 0. The third-order valence-corrected chi connectivity index (χ3v) is 11.1. The predicted octanol–water partition coefficient (Wildman–Crippen LogP) is 12.9. The van der Waals surface area contributed by atoms with Crippen molar-refractivity contribution in [2.45, 2.75) is 67.3 Å². The molecule has 0 saturated heterocycles. The first-order chi connectivity index (χ1) is 29.7. The molecule has 0 bridgehead atoms. The van der Waals surface area contributed by atoms with Crippen LogP contribution >= 0.6 is 0 Å². The zero-order chi connectivity index (χ0) is 46.8. The molecular weight excluding hydrogens is 853 g/mol. The summed E-state index contributed by atoms with van der Waals surface area (Å²) in [6, 6.07) is 37.2. The normalized spacial score (nSPS) is 15.7. The van der Waals surface area contributed by atoms with Gasteiger partial charge >= 0.3 is 0 Å². The van der Waals surface area contributed by atoms with Gasteiger partial charge in [0.15, 0.2) is 0 Å². The zero-order valence-corrected chi connectivity index (χ0v) is 34.5. The van der Waals surface area contributed by atoms with Gasteiger partial charge in [-0.25, -0.2) is 0 Å². The van der Waals surface area contributed by atoms with Crippen molar-refractivity contribution in [3.63, 3.8) is 0 Å². The molecule has 0 atom stereocenters. The van der Waals surface area contributed by atoms with E-state index in [9.17, 15) is 0 Å². The van der Waals surface area contributed by atoms with Crippen molar-refractivity contribution in [3.8, 4) is 33.6 Å². The summed E-state index contributed by atoms with van der Waals surface area (Å²) in [7, 11) is -1.84. The van der Waals surface area contributed by atoms with Crippen LogP contribution in [-0.4, -0.2) is 18.0 Å². The minimum atomic E-state index is -2.50. The van der Waals surface area contributed by atoms with E-state index in [1.165, 1.54) is 18.5 Å². The number of hydrogen-bond acceptors (Lipinski definition) is 3. The van der Waals surface area contributed by atoms with Gasteiger partial charge in [0.25, 0.3) is 0 Å². The number of nitrogens with zero attached hydrogens (tertiary/aromatic N) is 2. The maximum atomic E-state index is 8.32. The number of aromatic nitrogens is 2. The van der Waals surface area contributed by atoms with Crippen LogP contribution in [0.2, 0.25) is 19.6 Å². The van der Waals surface area contributed by atoms with Crippen LogP contribution in [0.3, 0.4) is 0 Å². The van der Waals surface area contributed by atoms with Crippen molar-refractivity contribution in [1.29, 1.82) is 0 Å². The Labute approximate surface area is 350 Å². The van der Waals surface area contributed by atoms with E-state index in [0.717, 1.165) is 32.3 Å². The van der Waals surface area contributed by atoms with E-state index in [0.29, 0.717) is 44.8 Å². The third-order valence-electron chi connectivity index (χ3n) is 9.03. The molecule has 0 aliphatic rings. The number of aryl methyl sites for hydroxylation is 3. The number of benzene rings is 5. The first-order valence-electron chi connectivity index (χ1n) is 23.1. The molecule has 3 nitrogen and oxygen atoms in total. The van der Waals surface area contributed by atoms with Gasteiger partial charge in [-0.2, -0.15) is 0 Å². The summed E-state index contributed by atoms with van der Waals surface area (Å²) >= 11 is 0. The monoisotopic (exact) mass is 912 g/mol. The molecule has 0 saturated carbocycles. The van der Waals surface area contributed by atoms with Gasteiger partial charge in [0.1, 0.15) is 5.58 Å². The third kappa shape index (κ3) is 8.34. The summed E-state index contributed by atoms with van der Waals surface area (Å²) in [5.74, 6) is 0. The molecule has 8 aromatic rings. The predicted molar refractivity (Wildman–Crippen MR) is 228 cm³/mol. The van der Waals surface area contributed by atoms with Crippen molar-refractivity contribution < 1.29 is 39.6 Å². The summed E-state index contributed by atoms with van der Waals surface area (Å²) in [6.45, 7) is 4.91.